The number of nitrogens with zero attached hydrogens (tertiary/aromatic N) is 2. The average Bonchev–Trinajstić information content (AvgIpc) is 2.74. The first-order valence-corrected chi connectivity index (χ1v) is 6.31. The summed E-state index contributed by atoms with van der Waals surface area (Å²) >= 11 is 0. The van der Waals surface area contributed by atoms with Gasteiger partial charge in [0.15, 0.2) is 5.82 Å². The minimum absolute atomic E-state index is 0.00314. The highest BCUT2D eigenvalue weighted by atomic mass is 16.5. The van der Waals surface area contributed by atoms with Crippen molar-refractivity contribution in [2.24, 2.45) is 0 Å². The van der Waals surface area contributed by atoms with Gasteiger partial charge < -0.3 is 9.84 Å². The van der Waals surface area contributed by atoms with E-state index in [1.165, 1.54) is 19.3 Å². The third kappa shape index (κ3) is 1.65. The molecule has 1 aromatic rings. The van der Waals surface area contributed by atoms with Gasteiger partial charge in [0.25, 0.3) is 0 Å². The maximum atomic E-state index is 5.43. The van der Waals surface area contributed by atoms with Crippen LogP contribution in [0, 0.1) is 0 Å². The second-order valence-corrected chi connectivity index (χ2v) is 5.47. The van der Waals surface area contributed by atoms with E-state index in [4.69, 9.17) is 4.52 Å². The Bertz CT molecular complexity index is 377. The third-order valence-corrected chi connectivity index (χ3v) is 3.64. The van der Waals surface area contributed by atoms with Crippen molar-refractivity contribution in [1.29, 1.82) is 0 Å². The lowest BCUT2D eigenvalue weighted by molar-refractivity contribution is 0.300. The van der Waals surface area contributed by atoms with Gasteiger partial charge in [-0.05, 0) is 39.5 Å². The fraction of sp³-hybridized carbons (Fsp3) is 0.833. The molecule has 4 heteroatoms. The molecule has 0 bridgehead atoms. The number of nitrogens with one attached hydrogen (secondary N) is 1. The molecule has 1 heterocycles. The molecule has 0 aliphatic heterocycles. The van der Waals surface area contributed by atoms with Gasteiger partial charge in [-0.1, -0.05) is 11.6 Å². The SMILES string of the molecule is CC(C)NC1(c2nc(C3CCC3)no2)CC1. The maximum Gasteiger partial charge on any atom is 0.246 e. The van der Waals surface area contributed by atoms with Gasteiger partial charge >= 0.3 is 0 Å². The van der Waals surface area contributed by atoms with E-state index in [1.807, 2.05) is 0 Å². The lowest BCUT2D eigenvalue weighted by Gasteiger charge is -2.21. The van der Waals surface area contributed by atoms with E-state index in [0.717, 1.165) is 24.6 Å². The van der Waals surface area contributed by atoms with Crippen LogP contribution >= 0.6 is 0 Å². The number of hydrogen-bond donors (Lipinski definition) is 1. The standard InChI is InChI=1S/C12H19N3O/c1-8(2)14-12(6-7-12)11-13-10(15-16-11)9-4-3-5-9/h8-9,14H,3-7H2,1-2H3. The van der Waals surface area contributed by atoms with Gasteiger partial charge in [-0.15, -0.1) is 0 Å². The number of hydrogen-bond acceptors (Lipinski definition) is 4. The van der Waals surface area contributed by atoms with E-state index in [-0.39, 0.29) is 5.54 Å². The van der Waals surface area contributed by atoms with Gasteiger partial charge in [-0.3, -0.25) is 0 Å². The highest BCUT2D eigenvalue weighted by Crippen LogP contribution is 2.46. The van der Waals surface area contributed by atoms with Crippen molar-refractivity contribution >= 4 is 0 Å². The zero-order valence-corrected chi connectivity index (χ0v) is 9.99. The van der Waals surface area contributed by atoms with Crippen molar-refractivity contribution in [1.82, 2.24) is 15.5 Å². The van der Waals surface area contributed by atoms with Crippen molar-refractivity contribution < 1.29 is 4.52 Å². The smallest absolute Gasteiger partial charge is 0.246 e. The van der Waals surface area contributed by atoms with Gasteiger partial charge in [0.05, 0.1) is 5.54 Å². The first kappa shape index (κ1) is 10.3. The molecule has 1 N–H and O–H groups in total. The van der Waals surface area contributed by atoms with E-state index < -0.39 is 0 Å². The van der Waals surface area contributed by atoms with Gasteiger partial charge in [0, 0.05) is 12.0 Å². The van der Waals surface area contributed by atoms with Gasteiger partial charge in [-0.25, -0.2) is 0 Å². The molecular formula is C12H19N3O. The van der Waals surface area contributed by atoms with Crippen LogP contribution in [-0.4, -0.2) is 16.2 Å². The van der Waals surface area contributed by atoms with Crippen LogP contribution < -0.4 is 5.32 Å². The van der Waals surface area contributed by atoms with Crippen molar-refractivity contribution in [2.45, 2.75) is 63.5 Å². The molecule has 0 amide bonds. The largest absolute Gasteiger partial charge is 0.337 e. The fourth-order valence-electron chi connectivity index (χ4n) is 2.36. The van der Waals surface area contributed by atoms with Gasteiger partial charge in [0.2, 0.25) is 5.89 Å². The van der Waals surface area contributed by atoms with Crippen molar-refractivity contribution in [3.63, 3.8) is 0 Å². The quantitative estimate of drug-likeness (QED) is 0.847. The molecule has 16 heavy (non-hydrogen) atoms. The summed E-state index contributed by atoms with van der Waals surface area (Å²) in [5.41, 5.74) is 0.00314. The first-order chi connectivity index (χ1) is 7.70. The monoisotopic (exact) mass is 221 g/mol. The van der Waals surface area contributed by atoms with E-state index >= 15 is 0 Å². The molecule has 0 radical (unpaired) electrons. The molecule has 0 spiro atoms. The van der Waals surface area contributed by atoms with Crippen LogP contribution in [0.4, 0.5) is 0 Å². The van der Waals surface area contributed by atoms with Crippen molar-refractivity contribution in [3.05, 3.63) is 11.7 Å². The summed E-state index contributed by atoms with van der Waals surface area (Å²) in [6.45, 7) is 4.31. The molecule has 2 aliphatic carbocycles. The van der Waals surface area contributed by atoms with Crippen LogP contribution in [0.1, 0.15) is 63.6 Å². The predicted octanol–water partition coefficient (Wildman–Crippen LogP) is 2.32. The molecule has 2 fully saturated rings. The first-order valence-electron chi connectivity index (χ1n) is 6.31. The molecule has 0 saturated heterocycles. The Hall–Kier alpha value is -0.900. The van der Waals surface area contributed by atoms with Crippen molar-refractivity contribution in [3.8, 4) is 0 Å². The average molecular weight is 221 g/mol. The summed E-state index contributed by atoms with van der Waals surface area (Å²) < 4.78 is 5.43. The Morgan fingerprint density at radius 1 is 1.38 bits per heavy atom. The maximum absolute atomic E-state index is 5.43. The normalized spacial score (nSPS) is 23.4. The van der Waals surface area contributed by atoms with Crippen LogP contribution in [0.25, 0.3) is 0 Å². The lowest BCUT2D eigenvalue weighted by Crippen LogP contribution is -2.35. The third-order valence-electron chi connectivity index (χ3n) is 3.64. The Balaban J connectivity index is 1.76. The van der Waals surface area contributed by atoms with Crippen LogP contribution in [-0.2, 0) is 5.54 Å². The number of aromatic nitrogens is 2. The molecule has 0 aromatic carbocycles. The van der Waals surface area contributed by atoms with Gasteiger partial charge in [0.1, 0.15) is 0 Å². The van der Waals surface area contributed by atoms with Crippen LogP contribution in [0.5, 0.6) is 0 Å². The molecule has 1 aromatic heterocycles. The highest BCUT2D eigenvalue weighted by Gasteiger charge is 2.50. The Morgan fingerprint density at radius 3 is 2.62 bits per heavy atom. The van der Waals surface area contributed by atoms with E-state index in [9.17, 15) is 0 Å². The molecule has 0 atom stereocenters. The molecule has 88 valence electrons. The fourth-order valence-corrected chi connectivity index (χ4v) is 2.36. The zero-order valence-electron chi connectivity index (χ0n) is 9.99. The summed E-state index contributed by atoms with van der Waals surface area (Å²) in [6, 6.07) is 0.460. The minimum Gasteiger partial charge on any atom is -0.337 e. The van der Waals surface area contributed by atoms with Crippen LogP contribution in [0.15, 0.2) is 4.52 Å². The molecule has 0 unspecified atom stereocenters. The molecule has 2 saturated carbocycles. The van der Waals surface area contributed by atoms with E-state index in [0.29, 0.717) is 12.0 Å². The Labute approximate surface area is 95.8 Å². The van der Waals surface area contributed by atoms with Crippen LogP contribution in [0.3, 0.4) is 0 Å². The highest BCUT2D eigenvalue weighted by molar-refractivity contribution is 5.15. The number of rotatable bonds is 4. The molecular weight excluding hydrogens is 202 g/mol. The topological polar surface area (TPSA) is 51.0 Å². The zero-order chi connectivity index (χ0) is 11.2. The van der Waals surface area contributed by atoms with Gasteiger partial charge in [-0.2, -0.15) is 4.98 Å². The van der Waals surface area contributed by atoms with Crippen molar-refractivity contribution in [2.75, 3.05) is 0 Å². The predicted molar refractivity (Wildman–Crippen MR) is 60.1 cm³/mol. The molecule has 3 rings (SSSR count). The summed E-state index contributed by atoms with van der Waals surface area (Å²) in [5, 5.41) is 7.66. The lowest BCUT2D eigenvalue weighted by atomic mass is 9.85. The molecule has 4 nitrogen and oxygen atoms in total. The summed E-state index contributed by atoms with van der Waals surface area (Å²) in [5.74, 6) is 2.30. The molecule has 2 aliphatic rings. The summed E-state index contributed by atoms with van der Waals surface area (Å²) in [7, 11) is 0. The minimum atomic E-state index is 0.00314. The Morgan fingerprint density at radius 2 is 2.12 bits per heavy atom. The van der Waals surface area contributed by atoms with Crippen LogP contribution in [0.2, 0.25) is 0 Å². The summed E-state index contributed by atoms with van der Waals surface area (Å²) in [4.78, 5) is 4.58. The van der Waals surface area contributed by atoms with E-state index in [2.05, 4.69) is 29.3 Å². The second-order valence-electron chi connectivity index (χ2n) is 5.47. The summed E-state index contributed by atoms with van der Waals surface area (Å²) in [6.07, 6.45) is 6.01. The van der Waals surface area contributed by atoms with E-state index in [1.54, 1.807) is 0 Å². The second kappa shape index (κ2) is 3.55. The Kier molecular flexibility index (Phi) is 2.28.